The third-order valence-corrected chi connectivity index (χ3v) is 1.37. The highest BCUT2D eigenvalue weighted by Gasteiger charge is 2.35. The molecule has 1 aromatic heterocycles. The molecule has 0 aromatic carbocycles. The Labute approximate surface area is 80.3 Å². The molecule has 1 aromatic rings. The lowest BCUT2D eigenvalue weighted by Crippen LogP contribution is -2.19. The molecule has 0 unspecified atom stereocenters. The van der Waals surface area contributed by atoms with Gasteiger partial charge in [-0.2, -0.15) is 0 Å². The highest BCUT2D eigenvalue weighted by atomic mass is 35.6. The van der Waals surface area contributed by atoms with Gasteiger partial charge in [0.2, 0.25) is 5.21 Å². The monoisotopic (exact) mass is 231 g/mol. The van der Waals surface area contributed by atoms with Crippen LogP contribution in [-0.2, 0) is 3.79 Å². The molecule has 0 fully saturated rings. The summed E-state index contributed by atoms with van der Waals surface area (Å²) in [6.07, 6.45) is 0. The fraction of sp³-hybridized carbons (Fsp3) is 0.500. The van der Waals surface area contributed by atoms with Gasteiger partial charge in [-0.25, -0.2) is 0 Å². The summed E-state index contributed by atoms with van der Waals surface area (Å²) in [4.78, 5) is 10.4. The fourth-order valence-electron chi connectivity index (χ4n) is 0.463. The highest BCUT2D eigenvalue weighted by Crippen LogP contribution is 2.35. The van der Waals surface area contributed by atoms with Crippen LogP contribution in [0.3, 0.4) is 0 Å². The van der Waals surface area contributed by atoms with E-state index in [9.17, 15) is 10.1 Å². The number of hydrogen-bond acceptors (Lipinski definition) is 5. The third kappa shape index (κ3) is 1.74. The molecule has 0 saturated carbocycles. The van der Waals surface area contributed by atoms with Crippen molar-refractivity contribution in [1.29, 1.82) is 0 Å². The van der Waals surface area contributed by atoms with Crippen LogP contribution in [0.2, 0.25) is 0 Å². The van der Waals surface area contributed by atoms with E-state index in [-0.39, 0.29) is 4.79 Å². The number of nitro groups is 1. The van der Waals surface area contributed by atoms with E-state index in [0.717, 1.165) is 0 Å². The van der Waals surface area contributed by atoms with Crippen molar-refractivity contribution < 1.29 is 5.03 Å². The van der Waals surface area contributed by atoms with Crippen LogP contribution in [0.15, 0.2) is 0 Å². The van der Waals surface area contributed by atoms with Crippen LogP contribution >= 0.6 is 34.8 Å². The molecule has 0 N–H and O–H groups in total. The van der Waals surface area contributed by atoms with Gasteiger partial charge in [0.1, 0.15) is 5.21 Å². The second kappa shape index (κ2) is 3.00. The third-order valence-electron chi connectivity index (χ3n) is 0.862. The molecule has 0 aliphatic carbocycles. The van der Waals surface area contributed by atoms with Gasteiger partial charge in [0.25, 0.3) is 9.62 Å². The molecule has 1 heterocycles. The van der Waals surface area contributed by atoms with Gasteiger partial charge in [-0.1, -0.05) is 39.9 Å². The first kappa shape index (κ1) is 9.43. The Morgan fingerprint density at radius 1 is 1.50 bits per heavy atom. The minimum absolute atomic E-state index is 0.187. The van der Waals surface area contributed by atoms with Gasteiger partial charge in [-0.05, 0) is 0 Å². The molecular weight excluding hydrogens is 232 g/mol. The molecule has 0 spiro atoms. The molecule has 10 heteroatoms. The van der Waals surface area contributed by atoms with E-state index < -0.39 is 14.6 Å². The standard InChI is InChI=1S/C2Cl3N5O2/c3-2(4,5)1-6-7-8-9(1)10(11)12. The minimum Gasteiger partial charge on any atom is -0.339 e. The fourth-order valence-corrected chi connectivity index (χ4v) is 0.803. The zero-order valence-electron chi connectivity index (χ0n) is 5.19. The van der Waals surface area contributed by atoms with E-state index in [1.54, 1.807) is 0 Å². The first-order valence-corrected chi connectivity index (χ1v) is 3.56. The van der Waals surface area contributed by atoms with Crippen molar-refractivity contribution in [3.8, 4) is 0 Å². The van der Waals surface area contributed by atoms with Crippen molar-refractivity contribution in [2.75, 3.05) is 0 Å². The lowest BCUT2D eigenvalue weighted by Gasteiger charge is -2.04. The number of alkyl halides is 3. The van der Waals surface area contributed by atoms with E-state index in [1.165, 1.54) is 0 Å². The quantitative estimate of drug-likeness (QED) is 0.401. The lowest BCUT2D eigenvalue weighted by atomic mass is 10.7. The topological polar surface area (TPSA) is 86.7 Å². The maximum atomic E-state index is 10.2. The maximum Gasteiger partial charge on any atom is 0.277 e. The van der Waals surface area contributed by atoms with Crippen molar-refractivity contribution in [3.63, 3.8) is 0 Å². The predicted molar refractivity (Wildman–Crippen MR) is 39.4 cm³/mol. The molecule has 0 amide bonds. The summed E-state index contributed by atoms with van der Waals surface area (Å²) in [5.74, 6) is -0.461. The van der Waals surface area contributed by atoms with Crippen LogP contribution in [0.5, 0.6) is 0 Å². The van der Waals surface area contributed by atoms with E-state index >= 15 is 0 Å². The number of halogens is 3. The molecule has 7 nitrogen and oxygen atoms in total. The number of tetrazole rings is 1. The zero-order chi connectivity index (χ0) is 9.35. The van der Waals surface area contributed by atoms with Gasteiger partial charge in [-0.3, -0.25) is 0 Å². The summed E-state index contributed by atoms with van der Waals surface area (Å²) >= 11 is 15.9. The van der Waals surface area contributed by atoms with Crippen molar-refractivity contribution in [2.24, 2.45) is 0 Å². The molecule has 0 saturated heterocycles. The Morgan fingerprint density at radius 3 is 2.42 bits per heavy atom. The van der Waals surface area contributed by atoms with Gasteiger partial charge >= 0.3 is 0 Å². The van der Waals surface area contributed by atoms with Crippen LogP contribution in [0, 0.1) is 10.1 Å². The summed E-state index contributed by atoms with van der Waals surface area (Å²) in [5, 5.41) is 18.4. The number of hydrogen-bond donors (Lipinski definition) is 0. The van der Waals surface area contributed by atoms with Gasteiger partial charge in [0.05, 0.1) is 9.82 Å². The lowest BCUT2D eigenvalue weighted by molar-refractivity contribution is -0.555. The highest BCUT2D eigenvalue weighted by molar-refractivity contribution is 6.66. The second-order valence-electron chi connectivity index (χ2n) is 1.63. The summed E-state index contributed by atoms with van der Waals surface area (Å²) < 4.78 is -2.00. The molecule has 0 atom stereocenters. The maximum absolute atomic E-state index is 10.2. The molecule has 0 aliphatic heterocycles. The average Bonchev–Trinajstić information content (AvgIpc) is 2.30. The normalized spacial score (nSPS) is 11.6. The van der Waals surface area contributed by atoms with Gasteiger partial charge < -0.3 is 10.1 Å². The van der Waals surface area contributed by atoms with Crippen molar-refractivity contribution in [2.45, 2.75) is 3.79 Å². The largest absolute Gasteiger partial charge is 0.339 e. The summed E-state index contributed by atoms with van der Waals surface area (Å²) in [7, 11) is 0. The SMILES string of the molecule is O=[N+]([O-])n1nnnc1C(Cl)(Cl)Cl. The molecule has 12 heavy (non-hydrogen) atoms. The van der Waals surface area contributed by atoms with Crippen molar-refractivity contribution in [3.05, 3.63) is 15.9 Å². The number of rotatable bonds is 1. The van der Waals surface area contributed by atoms with E-state index in [2.05, 4.69) is 15.5 Å². The Hall–Kier alpha value is -0.660. The zero-order valence-corrected chi connectivity index (χ0v) is 7.45. The Kier molecular flexibility index (Phi) is 2.36. The van der Waals surface area contributed by atoms with E-state index in [1.807, 2.05) is 0 Å². The van der Waals surface area contributed by atoms with Crippen molar-refractivity contribution in [1.82, 2.24) is 20.3 Å². The molecule has 66 valence electrons. The second-order valence-corrected chi connectivity index (χ2v) is 3.91. The summed E-state index contributed by atoms with van der Waals surface area (Å²) in [6.45, 7) is 0. The molecule has 0 bridgehead atoms. The van der Waals surface area contributed by atoms with E-state index in [4.69, 9.17) is 34.8 Å². The number of aromatic nitrogens is 4. The predicted octanol–water partition coefficient (Wildman–Crippen LogP) is 0.540. The average molecular weight is 232 g/mol. The molecule has 0 radical (unpaired) electrons. The first-order valence-electron chi connectivity index (χ1n) is 2.43. The Bertz CT molecular complexity index is 304. The number of nitrogens with zero attached hydrogens (tertiary/aromatic N) is 5. The van der Waals surface area contributed by atoms with Crippen LogP contribution in [0.25, 0.3) is 0 Å². The van der Waals surface area contributed by atoms with Crippen LogP contribution in [0.1, 0.15) is 5.82 Å². The van der Waals surface area contributed by atoms with Gasteiger partial charge in [-0.15, -0.1) is 0 Å². The van der Waals surface area contributed by atoms with Crippen LogP contribution < -0.4 is 0 Å². The molecular formula is C2Cl3N5O2. The molecule has 0 aliphatic rings. The smallest absolute Gasteiger partial charge is 0.277 e. The van der Waals surface area contributed by atoms with E-state index in [0.29, 0.717) is 0 Å². The minimum atomic E-state index is -2.00. The Morgan fingerprint density at radius 2 is 2.08 bits per heavy atom. The van der Waals surface area contributed by atoms with Gasteiger partial charge in [0, 0.05) is 0 Å². The first-order chi connectivity index (χ1) is 5.43. The van der Waals surface area contributed by atoms with Crippen molar-refractivity contribution >= 4 is 34.8 Å². The van der Waals surface area contributed by atoms with Crippen LogP contribution in [0.4, 0.5) is 0 Å². The van der Waals surface area contributed by atoms with Gasteiger partial charge in [0.15, 0.2) is 0 Å². The summed E-state index contributed by atoms with van der Waals surface area (Å²) in [5.41, 5.74) is 0. The Balaban J connectivity index is 3.17. The summed E-state index contributed by atoms with van der Waals surface area (Å²) in [6, 6.07) is 0. The van der Waals surface area contributed by atoms with Crippen LogP contribution in [-0.4, -0.2) is 25.3 Å². The molecule has 1 rings (SSSR count).